The number of carbonyl (C=O) groups is 3. The van der Waals surface area contributed by atoms with Crippen LogP contribution >= 0.6 is 0 Å². The predicted octanol–water partition coefficient (Wildman–Crippen LogP) is -1.45. The topological polar surface area (TPSA) is 122 Å². The number of ether oxygens (including phenoxy) is 1. The van der Waals surface area contributed by atoms with Crippen LogP contribution in [0.25, 0.3) is 0 Å². The molecule has 21 heavy (non-hydrogen) atoms. The number of esters is 1. The molecule has 1 spiro atoms. The number of nitrogens with zero attached hydrogens (tertiary/aromatic N) is 1. The molecule has 2 heterocycles. The van der Waals surface area contributed by atoms with E-state index in [4.69, 9.17) is 0 Å². The Morgan fingerprint density at radius 2 is 2.14 bits per heavy atom. The second-order valence-corrected chi connectivity index (χ2v) is 7.16. The molecule has 0 aromatic rings. The summed E-state index contributed by atoms with van der Waals surface area (Å²) < 4.78 is 30.0. The van der Waals surface area contributed by atoms with Crippen LogP contribution in [0.2, 0.25) is 0 Å². The van der Waals surface area contributed by atoms with E-state index in [0.717, 1.165) is 4.31 Å². The summed E-state index contributed by atoms with van der Waals surface area (Å²) in [5, 5.41) is 4.62. The van der Waals surface area contributed by atoms with Gasteiger partial charge in [-0.25, -0.2) is 13.2 Å². The zero-order chi connectivity index (χ0) is 15.7. The van der Waals surface area contributed by atoms with Gasteiger partial charge in [0.15, 0.2) is 0 Å². The number of carbonyl (C=O) groups excluding carboxylic acids is 3. The van der Waals surface area contributed by atoms with E-state index < -0.39 is 33.5 Å². The van der Waals surface area contributed by atoms with Crippen molar-refractivity contribution < 1.29 is 27.5 Å². The number of amides is 3. The zero-order valence-corrected chi connectivity index (χ0v) is 12.4. The van der Waals surface area contributed by atoms with Gasteiger partial charge in [-0.05, 0) is 12.8 Å². The van der Waals surface area contributed by atoms with Gasteiger partial charge in [0.05, 0.1) is 19.3 Å². The highest BCUT2D eigenvalue weighted by Crippen LogP contribution is 2.26. The molecule has 0 aromatic heterocycles. The Kier molecular flexibility index (Phi) is 4.19. The second-order valence-electron chi connectivity index (χ2n) is 5.07. The molecule has 2 aliphatic rings. The molecule has 1 atom stereocenters. The summed E-state index contributed by atoms with van der Waals surface area (Å²) in [5.41, 5.74) is -1.20. The molecule has 2 aliphatic heterocycles. The van der Waals surface area contributed by atoms with Crippen molar-refractivity contribution in [2.45, 2.75) is 24.8 Å². The smallest absolute Gasteiger partial charge is 0.322 e. The average molecular weight is 319 g/mol. The first kappa shape index (κ1) is 15.7. The zero-order valence-electron chi connectivity index (χ0n) is 11.5. The first-order valence-corrected chi connectivity index (χ1v) is 8.08. The van der Waals surface area contributed by atoms with E-state index >= 15 is 0 Å². The fraction of sp³-hybridized carbons (Fsp3) is 0.727. The lowest BCUT2D eigenvalue weighted by atomic mass is 9.90. The number of hydrogen-bond acceptors (Lipinski definition) is 6. The summed E-state index contributed by atoms with van der Waals surface area (Å²) in [4.78, 5) is 34.2. The number of urea groups is 1. The van der Waals surface area contributed by atoms with Crippen molar-refractivity contribution in [1.29, 1.82) is 0 Å². The van der Waals surface area contributed by atoms with Gasteiger partial charge in [0.1, 0.15) is 5.54 Å². The van der Waals surface area contributed by atoms with Gasteiger partial charge in [0, 0.05) is 13.1 Å². The molecule has 0 radical (unpaired) electrons. The maximum absolute atomic E-state index is 12.2. The molecule has 10 heteroatoms. The van der Waals surface area contributed by atoms with E-state index in [1.54, 1.807) is 0 Å². The van der Waals surface area contributed by atoms with Crippen molar-refractivity contribution in [2.75, 3.05) is 26.0 Å². The SMILES string of the molecule is COC(=O)CCS(=O)(=O)N1CCCC2(C1)NC(=O)NC2=O. The van der Waals surface area contributed by atoms with Gasteiger partial charge < -0.3 is 10.1 Å². The van der Waals surface area contributed by atoms with Crippen molar-refractivity contribution in [3.8, 4) is 0 Å². The Bertz CT molecular complexity index is 575. The molecule has 0 aliphatic carbocycles. The third kappa shape index (κ3) is 3.16. The molecule has 2 rings (SSSR count). The quantitative estimate of drug-likeness (QED) is 0.483. The Hall–Kier alpha value is -1.68. The molecule has 0 aromatic carbocycles. The molecule has 3 amide bonds. The largest absolute Gasteiger partial charge is 0.469 e. The Morgan fingerprint density at radius 3 is 2.71 bits per heavy atom. The van der Waals surface area contributed by atoms with Crippen LogP contribution in [0.5, 0.6) is 0 Å². The Labute approximate surface area is 122 Å². The van der Waals surface area contributed by atoms with E-state index in [1.807, 2.05) is 0 Å². The number of piperidine rings is 1. The van der Waals surface area contributed by atoms with Crippen molar-refractivity contribution in [1.82, 2.24) is 14.9 Å². The number of methoxy groups -OCH3 is 1. The van der Waals surface area contributed by atoms with E-state index in [1.165, 1.54) is 7.11 Å². The van der Waals surface area contributed by atoms with Gasteiger partial charge in [0.2, 0.25) is 10.0 Å². The molecule has 2 fully saturated rings. The van der Waals surface area contributed by atoms with Gasteiger partial charge in [-0.1, -0.05) is 0 Å². The molecule has 0 saturated carbocycles. The average Bonchev–Trinajstić information content (AvgIpc) is 2.70. The normalized spacial score (nSPS) is 26.5. The third-order valence-corrected chi connectivity index (χ3v) is 5.48. The number of sulfonamides is 1. The molecule has 0 bridgehead atoms. The van der Waals surface area contributed by atoms with E-state index in [-0.39, 0.29) is 25.3 Å². The Balaban J connectivity index is 2.08. The van der Waals surface area contributed by atoms with E-state index in [2.05, 4.69) is 15.4 Å². The van der Waals surface area contributed by atoms with Crippen molar-refractivity contribution in [3.05, 3.63) is 0 Å². The molecular weight excluding hydrogens is 302 g/mol. The van der Waals surface area contributed by atoms with Crippen LogP contribution in [0.3, 0.4) is 0 Å². The van der Waals surface area contributed by atoms with E-state index in [0.29, 0.717) is 12.8 Å². The van der Waals surface area contributed by atoms with Crippen LogP contribution < -0.4 is 10.6 Å². The number of hydrogen-bond donors (Lipinski definition) is 2. The van der Waals surface area contributed by atoms with Gasteiger partial charge in [-0.15, -0.1) is 0 Å². The number of rotatable bonds is 4. The minimum absolute atomic E-state index is 0.117. The van der Waals surface area contributed by atoms with Crippen LogP contribution in [-0.4, -0.2) is 62.1 Å². The summed E-state index contributed by atoms with van der Waals surface area (Å²) in [6.45, 7) is 0.141. The standard InChI is InChI=1S/C11H17N3O6S/c1-20-8(15)3-6-21(18,19)14-5-2-4-11(7-14)9(16)12-10(17)13-11/h2-7H2,1H3,(H2,12,13,16,17). The summed E-state index contributed by atoms with van der Waals surface area (Å²) >= 11 is 0. The van der Waals surface area contributed by atoms with Crippen LogP contribution in [-0.2, 0) is 24.3 Å². The van der Waals surface area contributed by atoms with Gasteiger partial charge in [-0.3, -0.25) is 14.9 Å². The summed E-state index contributed by atoms with van der Waals surface area (Å²) in [7, 11) is -2.51. The molecule has 118 valence electrons. The lowest BCUT2D eigenvalue weighted by Crippen LogP contribution is -2.59. The number of nitrogens with one attached hydrogen (secondary N) is 2. The van der Waals surface area contributed by atoms with Crippen LogP contribution in [0, 0.1) is 0 Å². The lowest BCUT2D eigenvalue weighted by molar-refractivity contribution is -0.140. The fourth-order valence-electron chi connectivity index (χ4n) is 2.51. The molecular formula is C11H17N3O6S. The van der Waals surface area contributed by atoms with E-state index in [9.17, 15) is 22.8 Å². The molecule has 1 unspecified atom stereocenters. The van der Waals surface area contributed by atoms with Crippen LogP contribution in [0.1, 0.15) is 19.3 Å². The van der Waals surface area contributed by atoms with Crippen molar-refractivity contribution in [2.24, 2.45) is 0 Å². The van der Waals surface area contributed by atoms with Gasteiger partial charge >= 0.3 is 12.0 Å². The fourth-order valence-corrected chi connectivity index (χ4v) is 4.02. The maximum Gasteiger partial charge on any atom is 0.322 e. The van der Waals surface area contributed by atoms with Crippen molar-refractivity contribution >= 4 is 27.9 Å². The molecule has 2 saturated heterocycles. The second kappa shape index (κ2) is 5.60. The van der Waals surface area contributed by atoms with Crippen LogP contribution in [0.4, 0.5) is 4.79 Å². The lowest BCUT2D eigenvalue weighted by Gasteiger charge is -2.37. The first-order chi connectivity index (χ1) is 9.79. The molecule has 2 N–H and O–H groups in total. The Morgan fingerprint density at radius 1 is 1.43 bits per heavy atom. The highest BCUT2D eigenvalue weighted by molar-refractivity contribution is 7.89. The molecule has 9 nitrogen and oxygen atoms in total. The summed E-state index contributed by atoms with van der Waals surface area (Å²) in [5.74, 6) is -1.51. The highest BCUT2D eigenvalue weighted by Gasteiger charge is 2.50. The van der Waals surface area contributed by atoms with Crippen LogP contribution in [0.15, 0.2) is 0 Å². The minimum Gasteiger partial charge on any atom is -0.469 e. The monoisotopic (exact) mass is 319 g/mol. The van der Waals surface area contributed by atoms with Gasteiger partial charge in [0.25, 0.3) is 5.91 Å². The maximum atomic E-state index is 12.2. The summed E-state index contributed by atoms with van der Waals surface area (Å²) in [6, 6.07) is -0.617. The highest BCUT2D eigenvalue weighted by atomic mass is 32.2. The number of imide groups is 1. The van der Waals surface area contributed by atoms with Crippen molar-refractivity contribution in [3.63, 3.8) is 0 Å². The first-order valence-electron chi connectivity index (χ1n) is 6.47. The predicted molar refractivity (Wildman–Crippen MR) is 70.6 cm³/mol. The summed E-state index contributed by atoms with van der Waals surface area (Å²) in [6.07, 6.45) is 0.583. The minimum atomic E-state index is -3.69. The van der Waals surface area contributed by atoms with Gasteiger partial charge in [-0.2, -0.15) is 4.31 Å². The third-order valence-electron chi connectivity index (χ3n) is 3.66.